The van der Waals surface area contributed by atoms with E-state index in [4.69, 9.17) is 14.2 Å². The Balaban J connectivity index is 1.70. The van der Waals surface area contributed by atoms with Crippen molar-refractivity contribution in [3.63, 3.8) is 0 Å². The molecule has 0 amide bonds. The minimum atomic E-state index is -0.940. The lowest BCUT2D eigenvalue weighted by atomic mass is 10.1. The fourth-order valence-electron chi connectivity index (χ4n) is 2.73. The number of rotatable bonds is 8. The summed E-state index contributed by atoms with van der Waals surface area (Å²) in [7, 11) is 0. The third kappa shape index (κ3) is 5.23. The van der Waals surface area contributed by atoms with Crippen LogP contribution in [0.2, 0.25) is 0 Å². The summed E-state index contributed by atoms with van der Waals surface area (Å²) in [6.45, 7) is 3.99. The van der Waals surface area contributed by atoms with Crippen molar-refractivity contribution in [1.29, 1.82) is 0 Å². The van der Waals surface area contributed by atoms with Crippen LogP contribution in [0.5, 0.6) is 17.2 Å². The minimum Gasteiger partial charge on any atom is -0.494 e. The molecule has 3 aromatic carbocycles. The highest BCUT2D eigenvalue weighted by atomic mass is 16.5. The van der Waals surface area contributed by atoms with Crippen LogP contribution in [0.15, 0.2) is 78.9 Å². The summed E-state index contributed by atoms with van der Waals surface area (Å²) in [6, 6.07) is 22.7. The fraction of sp³-hybridized carbons (Fsp3) is 0.167. The van der Waals surface area contributed by atoms with Crippen molar-refractivity contribution in [3.05, 3.63) is 90.0 Å². The van der Waals surface area contributed by atoms with E-state index in [9.17, 15) is 9.59 Å². The number of hydrogen-bond acceptors (Lipinski definition) is 5. The van der Waals surface area contributed by atoms with Gasteiger partial charge in [-0.05, 0) is 62.4 Å². The second kappa shape index (κ2) is 9.55. The lowest BCUT2D eigenvalue weighted by Gasteiger charge is -2.15. The number of carbonyl (C=O) groups is 2. The monoisotopic (exact) mass is 390 g/mol. The Morgan fingerprint density at radius 2 is 1.48 bits per heavy atom. The fourth-order valence-corrected chi connectivity index (χ4v) is 2.73. The number of carbonyl (C=O) groups excluding carboxylic acids is 2. The molecule has 0 aliphatic carbocycles. The molecule has 148 valence electrons. The maximum absolute atomic E-state index is 12.7. The predicted molar refractivity (Wildman–Crippen MR) is 110 cm³/mol. The Morgan fingerprint density at radius 3 is 2.17 bits per heavy atom. The number of Topliss-reactive ketones (excluding diaryl/α,β-unsaturated/α-hetero) is 1. The van der Waals surface area contributed by atoms with Crippen LogP contribution in [0.25, 0.3) is 0 Å². The van der Waals surface area contributed by atoms with Crippen molar-refractivity contribution in [2.75, 3.05) is 6.61 Å². The first-order chi connectivity index (χ1) is 14.1. The third-order valence-electron chi connectivity index (χ3n) is 4.18. The van der Waals surface area contributed by atoms with Gasteiger partial charge in [-0.2, -0.15) is 0 Å². The molecule has 3 rings (SSSR count). The molecule has 0 saturated heterocycles. The zero-order valence-electron chi connectivity index (χ0n) is 16.3. The Bertz CT molecular complexity index is 964. The van der Waals surface area contributed by atoms with E-state index < -0.39 is 12.1 Å². The van der Waals surface area contributed by atoms with Crippen LogP contribution in [0.1, 0.15) is 34.6 Å². The molecule has 0 aromatic heterocycles. The van der Waals surface area contributed by atoms with Gasteiger partial charge in [0.25, 0.3) is 0 Å². The standard InChI is InChI=1S/C24H22O5/c1-3-27-19-15-13-18(14-16-19)23(25)17(2)28-24(26)21-11-7-8-12-22(21)29-20-9-5-4-6-10-20/h4-17H,3H2,1-2H3/t17-/m1/s1. The van der Waals surface area contributed by atoms with E-state index in [0.29, 0.717) is 29.4 Å². The maximum Gasteiger partial charge on any atom is 0.342 e. The molecule has 0 heterocycles. The van der Waals surface area contributed by atoms with Crippen LogP contribution in [0.4, 0.5) is 0 Å². The number of ketones is 1. The summed E-state index contributed by atoms with van der Waals surface area (Å²) < 4.78 is 16.6. The zero-order chi connectivity index (χ0) is 20.6. The number of hydrogen-bond donors (Lipinski definition) is 0. The molecule has 5 heteroatoms. The molecule has 0 radical (unpaired) electrons. The predicted octanol–water partition coefficient (Wildman–Crippen LogP) is 5.31. The van der Waals surface area contributed by atoms with Gasteiger partial charge in [0, 0.05) is 5.56 Å². The van der Waals surface area contributed by atoms with Gasteiger partial charge in [0.2, 0.25) is 5.78 Å². The Hall–Kier alpha value is -3.60. The van der Waals surface area contributed by atoms with E-state index in [1.165, 1.54) is 0 Å². The van der Waals surface area contributed by atoms with Crippen LogP contribution in [-0.4, -0.2) is 24.5 Å². The third-order valence-corrected chi connectivity index (χ3v) is 4.18. The second-order valence-electron chi connectivity index (χ2n) is 6.28. The van der Waals surface area contributed by atoms with Crippen LogP contribution in [-0.2, 0) is 4.74 Å². The maximum atomic E-state index is 12.7. The molecule has 0 N–H and O–H groups in total. The van der Waals surface area contributed by atoms with Gasteiger partial charge in [-0.1, -0.05) is 30.3 Å². The summed E-state index contributed by atoms with van der Waals surface area (Å²) in [4.78, 5) is 25.3. The number of para-hydroxylation sites is 2. The van der Waals surface area contributed by atoms with Gasteiger partial charge in [-0.25, -0.2) is 4.79 Å². The summed E-state index contributed by atoms with van der Waals surface area (Å²) in [5, 5.41) is 0. The van der Waals surface area contributed by atoms with Gasteiger partial charge in [-0.3, -0.25) is 4.79 Å². The van der Waals surface area contributed by atoms with Crippen LogP contribution < -0.4 is 9.47 Å². The highest BCUT2D eigenvalue weighted by Crippen LogP contribution is 2.26. The Morgan fingerprint density at radius 1 is 0.828 bits per heavy atom. The van der Waals surface area contributed by atoms with Crippen LogP contribution in [0.3, 0.4) is 0 Å². The van der Waals surface area contributed by atoms with Crippen molar-refractivity contribution >= 4 is 11.8 Å². The van der Waals surface area contributed by atoms with E-state index in [-0.39, 0.29) is 11.3 Å². The van der Waals surface area contributed by atoms with Crippen LogP contribution in [0, 0.1) is 0 Å². The van der Waals surface area contributed by atoms with Gasteiger partial charge in [-0.15, -0.1) is 0 Å². The Kier molecular flexibility index (Phi) is 6.63. The van der Waals surface area contributed by atoms with Crippen molar-refractivity contribution in [1.82, 2.24) is 0 Å². The smallest absolute Gasteiger partial charge is 0.342 e. The van der Waals surface area contributed by atoms with Gasteiger partial charge in [0.05, 0.1) is 6.61 Å². The molecule has 0 aliphatic rings. The van der Waals surface area contributed by atoms with E-state index in [1.807, 2.05) is 25.1 Å². The topological polar surface area (TPSA) is 61.8 Å². The molecule has 0 unspecified atom stereocenters. The highest BCUT2D eigenvalue weighted by Gasteiger charge is 2.22. The molecule has 0 bridgehead atoms. The summed E-state index contributed by atoms with van der Waals surface area (Å²) in [6.07, 6.45) is -0.940. The molecule has 29 heavy (non-hydrogen) atoms. The Labute approximate surface area is 169 Å². The normalized spacial score (nSPS) is 11.4. The van der Waals surface area contributed by atoms with Crippen LogP contribution >= 0.6 is 0 Å². The van der Waals surface area contributed by atoms with E-state index in [0.717, 1.165) is 0 Å². The number of ether oxygens (including phenoxy) is 3. The van der Waals surface area contributed by atoms with Gasteiger partial charge in [0.15, 0.2) is 6.10 Å². The molecule has 0 fully saturated rings. The molecular formula is C24H22O5. The lowest BCUT2D eigenvalue weighted by Crippen LogP contribution is -2.24. The average molecular weight is 390 g/mol. The largest absolute Gasteiger partial charge is 0.494 e. The van der Waals surface area contributed by atoms with E-state index in [2.05, 4.69) is 0 Å². The van der Waals surface area contributed by atoms with E-state index >= 15 is 0 Å². The first-order valence-corrected chi connectivity index (χ1v) is 9.38. The lowest BCUT2D eigenvalue weighted by molar-refractivity contribution is 0.0316. The van der Waals surface area contributed by atoms with E-state index in [1.54, 1.807) is 67.6 Å². The quantitative estimate of drug-likeness (QED) is 0.385. The molecule has 3 aromatic rings. The van der Waals surface area contributed by atoms with Crippen molar-refractivity contribution in [3.8, 4) is 17.2 Å². The molecule has 5 nitrogen and oxygen atoms in total. The minimum absolute atomic E-state index is 0.252. The molecule has 0 spiro atoms. The van der Waals surface area contributed by atoms with Gasteiger partial charge >= 0.3 is 5.97 Å². The van der Waals surface area contributed by atoms with Crippen molar-refractivity contribution in [2.24, 2.45) is 0 Å². The zero-order valence-corrected chi connectivity index (χ0v) is 16.3. The van der Waals surface area contributed by atoms with Crippen molar-refractivity contribution in [2.45, 2.75) is 20.0 Å². The highest BCUT2D eigenvalue weighted by molar-refractivity contribution is 6.02. The van der Waals surface area contributed by atoms with Gasteiger partial charge < -0.3 is 14.2 Å². The first kappa shape index (κ1) is 20.1. The summed E-state index contributed by atoms with van der Waals surface area (Å²) in [5.41, 5.74) is 0.699. The molecule has 0 saturated carbocycles. The average Bonchev–Trinajstić information content (AvgIpc) is 2.75. The number of benzene rings is 3. The summed E-state index contributed by atoms with van der Waals surface area (Å²) >= 11 is 0. The number of esters is 1. The van der Waals surface area contributed by atoms with Crippen molar-refractivity contribution < 1.29 is 23.8 Å². The second-order valence-corrected chi connectivity index (χ2v) is 6.28. The van der Waals surface area contributed by atoms with Gasteiger partial charge in [0.1, 0.15) is 22.8 Å². The summed E-state index contributed by atoms with van der Waals surface area (Å²) in [5.74, 6) is 0.738. The first-order valence-electron chi connectivity index (χ1n) is 9.38. The SMILES string of the molecule is CCOc1ccc(C(=O)[C@@H](C)OC(=O)c2ccccc2Oc2ccccc2)cc1. The molecule has 1 atom stereocenters. The molecule has 0 aliphatic heterocycles. The molecular weight excluding hydrogens is 368 g/mol.